The third-order valence-electron chi connectivity index (χ3n) is 3.60. The summed E-state index contributed by atoms with van der Waals surface area (Å²) in [4.78, 5) is 2.36. The summed E-state index contributed by atoms with van der Waals surface area (Å²) in [7, 11) is 0. The zero-order chi connectivity index (χ0) is 13.7. The molecule has 0 heterocycles. The summed E-state index contributed by atoms with van der Waals surface area (Å²) in [5, 5.41) is 19.1. The van der Waals surface area contributed by atoms with E-state index in [0.717, 1.165) is 25.1 Å². The average Bonchev–Trinajstić information content (AvgIpc) is 2.33. The number of rotatable bonds is 6. The second-order valence-corrected chi connectivity index (χ2v) is 5.06. The van der Waals surface area contributed by atoms with Gasteiger partial charge in [0.1, 0.15) is 11.5 Å². The summed E-state index contributed by atoms with van der Waals surface area (Å²) in [6, 6.07) is 5.01. The summed E-state index contributed by atoms with van der Waals surface area (Å²) in [5.74, 6) is 0.895. The lowest BCUT2D eigenvalue weighted by molar-refractivity contribution is 0.189. The lowest BCUT2D eigenvalue weighted by Gasteiger charge is -2.30. The van der Waals surface area contributed by atoms with E-state index < -0.39 is 0 Å². The standard InChI is InChI=1S/C15H25NO2/c1-5-11(3)10-16(6-2)12(4)13-7-14(17)9-15(18)8-13/h7-9,11-12,17-18H,5-6,10H2,1-4H3. The van der Waals surface area contributed by atoms with Crippen LogP contribution in [0.3, 0.4) is 0 Å². The molecule has 0 amide bonds. The van der Waals surface area contributed by atoms with Crippen LogP contribution in [0, 0.1) is 5.92 Å². The molecule has 0 radical (unpaired) electrons. The van der Waals surface area contributed by atoms with Gasteiger partial charge in [-0.3, -0.25) is 4.90 Å². The molecule has 0 spiro atoms. The van der Waals surface area contributed by atoms with E-state index in [2.05, 4.69) is 32.6 Å². The van der Waals surface area contributed by atoms with Gasteiger partial charge >= 0.3 is 0 Å². The van der Waals surface area contributed by atoms with Crippen molar-refractivity contribution in [2.45, 2.75) is 40.2 Å². The topological polar surface area (TPSA) is 43.7 Å². The number of phenolic OH excluding ortho intramolecular Hbond substituents is 2. The van der Waals surface area contributed by atoms with Crippen LogP contribution in [0.1, 0.15) is 45.7 Å². The minimum Gasteiger partial charge on any atom is -0.508 e. The third-order valence-corrected chi connectivity index (χ3v) is 3.60. The molecule has 102 valence electrons. The first-order valence-corrected chi connectivity index (χ1v) is 6.74. The molecule has 0 aliphatic carbocycles. The van der Waals surface area contributed by atoms with Crippen LogP contribution in [0.5, 0.6) is 11.5 Å². The summed E-state index contributed by atoms with van der Waals surface area (Å²) >= 11 is 0. The van der Waals surface area contributed by atoms with Crippen molar-refractivity contribution >= 4 is 0 Å². The molecule has 18 heavy (non-hydrogen) atoms. The Bertz CT molecular complexity index is 359. The van der Waals surface area contributed by atoms with Gasteiger partial charge in [0.05, 0.1) is 0 Å². The van der Waals surface area contributed by atoms with Gasteiger partial charge in [0.25, 0.3) is 0 Å². The van der Waals surface area contributed by atoms with Crippen molar-refractivity contribution in [2.24, 2.45) is 5.92 Å². The molecule has 1 rings (SSSR count). The maximum Gasteiger partial charge on any atom is 0.119 e. The second-order valence-electron chi connectivity index (χ2n) is 5.06. The Balaban J connectivity index is 2.85. The van der Waals surface area contributed by atoms with Gasteiger partial charge in [-0.15, -0.1) is 0 Å². The molecule has 2 atom stereocenters. The van der Waals surface area contributed by atoms with Crippen LogP contribution >= 0.6 is 0 Å². The van der Waals surface area contributed by atoms with Crippen molar-refractivity contribution < 1.29 is 10.2 Å². The Morgan fingerprint density at radius 1 is 1.06 bits per heavy atom. The number of benzene rings is 1. The van der Waals surface area contributed by atoms with Crippen LogP contribution in [-0.4, -0.2) is 28.2 Å². The van der Waals surface area contributed by atoms with E-state index in [9.17, 15) is 10.2 Å². The Morgan fingerprint density at radius 2 is 1.61 bits per heavy atom. The molecule has 2 unspecified atom stereocenters. The first-order chi connectivity index (χ1) is 8.47. The van der Waals surface area contributed by atoms with Crippen LogP contribution < -0.4 is 0 Å². The van der Waals surface area contributed by atoms with Crippen LogP contribution in [-0.2, 0) is 0 Å². The first kappa shape index (κ1) is 14.8. The predicted octanol–water partition coefficient (Wildman–Crippen LogP) is 3.53. The van der Waals surface area contributed by atoms with Gasteiger partial charge in [0.15, 0.2) is 0 Å². The number of aromatic hydroxyl groups is 2. The van der Waals surface area contributed by atoms with Gasteiger partial charge < -0.3 is 10.2 Å². The van der Waals surface area contributed by atoms with E-state index in [1.165, 1.54) is 6.07 Å². The smallest absolute Gasteiger partial charge is 0.119 e. The van der Waals surface area contributed by atoms with Crippen LogP contribution in [0.15, 0.2) is 18.2 Å². The highest BCUT2D eigenvalue weighted by Crippen LogP contribution is 2.28. The molecule has 1 aromatic carbocycles. The molecule has 0 fully saturated rings. The van der Waals surface area contributed by atoms with Gasteiger partial charge in [0, 0.05) is 18.7 Å². The van der Waals surface area contributed by atoms with Crippen molar-refractivity contribution in [3.63, 3.8) is 0 Å². The highest BCUT2D eigenvalue weighted by Gasteiger charge is 2.17. The lowest BCUT2D eigenvalue weighted by atomic mass is 10.0. The number of nitrogens with zero attached hydrogens (tertiary/aromatic N) is 1. The van der Waals surface area contributed by atoms with Crippen molar-refractivity contribution in [3.8, 4) is 11.5 Å². The highest BCUT2D eigenvalue weighted by atomic mass is 16.3. The first-order valence-electron chi connectivity index (χ1n) is 6.74. The molecule has 3 nitrogen and oxygen atoms in total. The second kappa shape index (κ2) is 6.64. The zero-order valence-corrected chi connectivity index (χ0v) is 11.8. The van der Waals surface area contributed by atoms with Gasteiger partial charge in [-0.05, 0) is 37.1 Å². The summed E-state index contributed by atoms with van der Waals surface area (Å²) in [6.45, 7) is 10.7. The summed E-state index contributed by atoms with van der Waals surface area (Å²) in [6.07, 6.45) is 1.16. The van der Waals surface area contributed by atoms with E-state index in [1.54, 1.807) is 12.1 Å². The molecular formula is C15H25NO2. The van der Waals surface area contributed by atoms with Crippen molar-refractivity contribution in [3.05, 3.63) is 23.8 Å². The largest absolute Gasteiger partial charge is 0.508 e. The molecule has 0 bridgehead atoms. The Kier molecular flexibility index (Phi) is 5.48. The van der Waals surface area contributed by atoms with Crippen molar-refractivity contribution in [1.82, 2.24) is 4.90 Å². The van der Waals surface area contributed by atoms with E-state index in [1.807, 2.05) is 0 Å². The summed E-state index contributed by atoms with van der Waals surface area (Å²) < 4.78 is 0. The SMILES string of the molecule is CCC(C)CN(CC)C(C)c1cc(O)cc(O)c1. The van der Waals surface area contributed by atoms with Crippen LogP contribution in [0.4, 0.5) is 0 Å². The van der Waals surface area contributed by atoms with Crippen LogP contribution in [0.25, 0.3) is 0 Å². The number of phenols is 2. The van der Waals surface area contributed by atoms with Gasteiger partial charge in [0.2, 0.25) is 0 Å². The molecule has 0 aromatic heterocycles. The maximum absolute atomic E-state index is 9.55. The minimum atomic E-state index is 0.122. The molecule has 1 aromatic rings. The molecular weight excluding hydrogens is 226 g/mol. The molecule has 2 N–H and O–H groups in total. The Labute approximate surface area is 110 Å². The maximum atomic E-state index is 9.55. The molecule has 0 saturated heterocycles. The van der Waals surface area contributed by atoms with Crippen LogP contribution in [0.2, 0.25) is 0 Å². The Morgan fingerprint density at radius 3 is 2.06 bits per heavy atom. The van der Waals surface area contributed by atoms with E-state index in [0.29, 0.717) is 5.92 Å². The quantitative estimate of drug-likeness (QED) is 0.813. The van der Waals surface area contributed by atoms with E-state index in [-0.39, 0.29) is 17.5 Å². The fourth-order valence-electron chi connectivity index (χ4n) is 2.16. The Hall–Kier alpha value is -1.22. The highest BCUT2D eigenvalue weighted by molar-refractivity contribution is 5.37. The monoisotopic (exact) mass is 251 g/mol. The van der Waals surface area contributed by atoms with E-state index >= 15 is 0 Å². The summed E-state index contributed by atoms with van der Waals surface area (Å²) in [5.41, 5.74) is 0.956. The average molecular weight is 251 g/mol. The van der Waals surface area contributed by atoms with Gasteiger partial charge in [-0.1, -0.05) is 27.2 Å². The lowest BCUT2D eigenvalue weighted by Crippen LogP contribution is -2.31. The third kappa shape index (κ3) is 3.91. The molecule has 0 saturated carbocycles. The van der Waals surface area contributed by atoms with Crippen molar-refractivity contribution in [2.75, 3.05) is 13.1 Å². The molecule has 0 aliphatic heterocycles. The minimum absolute atomic E-state index is 0.122. The number of hydrogen-bond acceptors (Lipinski definition) is 3. The number of hydrogen-bond donors (Lipinski definition) is 2. The fraction of sp³-hybridized carbons (Fsp3) is 0.600. The predicted molar refractivity (Wildman–Crippen MR) is 74.9 cm³/mol. The fourth-order valence-corrected chi connectivity index (χ4v) is 2.16. The van der Waals surface area contributed by atoms with E-state index in [4.69, 9.17) is 0 Å². The van der Waals surface area contributed by atoms with Gasteiger partial charge in [-0.2, -0.15) is 0 Å². The van der Waals surface area contributed by atoms with Gasteiger partial charge in [-0.25, -0.2) is 0 Å². The molecule has 3 heteroatoms. The zero-order valence-electron chi connectivity index (χ0n) is 11.8. The molecule has 0 aliphatic rings. The van der Waals surface area contributed by atoms with Crippen molar-refractivity contribution in [1.29, 1.82) is 0 Å². The normalized spacial score (nSPS) is 14.7.